The van der Waals surface area contributed by atoms with Crippen molar-refractivity contribution in [2.45, 2.75) is 31.8 Å². The number of carbonyl (C=O) groups excluding carboxylic acids is 2. The van der Waals surface area contributed by atoms with Crippen LogP contribution in [0.3, 0.4) is 0 Å². The average Bonchev–Trinajstić information content (AvgIpc) is 3.69. The van der Waals surface area contributed by atoms with Gasteiger partial charge in [-0.2, -0.15) is 0 Å². The van der Waals surface area contributed by atoms with Crippen molar-refractivity contribution < 1.29 is 27.5 Å². The number of hydrogen-bond donors (Lipinski definition) is 1. The molecule has 1 saturated heterocycles. The van der Waals surface area contributed by atoms with Gasteiger partial charge < -0.3 is 9.64 Å². The molecule has 3 aliphatic heterocycles. The fourth-order valence-electron chi connectivity index (χ4n) is 6.66. The van der Waals surface area contributed by atoms with Gasteiger partial charge in [-0.25, -0.2) is 0 Å². The Morgan fingerprint density at radius 2 is 1.63 bits per heavy atom. The molecule has 1 N–H and O–H groups in total. The number of aliphatic imine (C=N–C) groups is 1. The molecule has 13 heteroatoms. The van der Waals surface area contributed by atoms with Crippen molar-refractivity contribution in [1.82, 2.24) is 14.5 Å². The summed E-state index contributed by atoms with van der Waals surface area (Å²) in [5.41, 5.74) is 3.49. The van der Waals surface area contributed by atoms with Crippen LogP contribution in [0.25, 0.3) is 0 Å². The van der Waals surface area contributed by atoms with E-state index in [4.69, 9.17) is 9.47 Å². The number of benzene rings is 3. The smallest absolute Gasteiger partial charge is 0.0777 e. The van der Waals surface area contributed by atoms with Crippen LogP contribution in [-0.2, 0) is 10.0 Å². The number of amides is 2. The van der Waals surface area contributed by atoms with Crippen molar-refractivity contribution in [3.8, 4) is 11.5 Å². The molecule has 0 spiro atoms. The number of imide groups is 1. The van der Waals surface area contributed by atoms with E-state index in [-0.39, 0.29) is 29.4 Å². The summed E-state index contributed by atoms with van der Waals surface area (Å²) in [6, 6.07) is 20.8. The van der Waals surface area contributed by atoms with E-state index in [1.54, 1.807) is 33.6 Å². The van der Waals surface area contributed by atoms with Gasteiger partial charge in [-0.05, 0) is 18.6 Å². The van der Waals surface area contributed by atoms with Gasteiger partial charge in [0.1, 0.15) is 0 Å². The van der Waals surface area contributed by atoms with Crippen LogP contribution in [0, 0.1) is 0 Å². The Labute approximate surface area is 295 Å². The van der Waals surface area contributed by atoms with Gasteiger partial charge >= 0.3 is 181 Å². The topological polar surface area (TPSA) is 121 Å². The molecule has 49 heavy (non-hydrogen) atoms. The fourth-order valence-corrected chi connectivity index (χ4v) is 11.6. The van der Waals surface area contributed by atoms with Gasteiger partial charge in [-0.1, -0.05) is 36.4 Å². The van der Waals surface area contributed by atoms with Gasteiger partial charge in [-0.15, -0.1) is 0 Å². The van der Waals surface area contributed by atoms with Crippen molar-refractivity contribution in [3.05, 3.63) is 98.1 Å². The third-order valence-corrected chi connectivity index (χ3v) is 13.8. The number of hydrogen-bond acceptors (Lipinski definition) is 9. The summed E-state index contributed by atoms with van der Waals surface area (Å²) in [7, 11) is -0.667. The van der Waals surface area contributed by atoms with Crippen LogP contribution in [0.2, 0.25) is 0 Å². The summed E-state index contributed by atoms with van der Waals surface area (Å²) < 4.78 is 42.8. The number of sulfonamides is 1. The summed E-state index contributed by atoms with van der Waals surface area (Å²) in [5, 5.41) is 0.0693. The van der Waals surface area contributed by atoms with Crippen LogP contribution >= 0.6 is 19.8 Å². The first-order valence-corrected chi connectivity index (χ1v) is 22.4. The first kappa shape index (κ1) is 35.1. The van der Waals surface area contributed by atoms with E-state index < -0.39 is 35.9 Å². The Hall–Kier alpha value is -3.79. The molecule has 0 radical (unpaired) electrons. The van der Waals surface area contributed by atoms with E-state index >= 15 is 0 Å². The first-order valence-electron chi connectivity index (χ1n) is 16.2. The zero-order valence-electron chi connectivity index (χ0n) is 28.1. The van der Waals surface area contributed by atoms with Crippen LogP contribution in [-0.4, -0.2) is 86.1 Å². The zero-order chi connectivity index (χ0) is 34.7. The molecule has 2 atom stereocenters. The third-order valence-electron chi connectivity index (χ3n) is 9.33. The maximum atomic E-state index is 14.4. The molecular weight excluding hydrogens is 757 g/mol. The molecular formula is C36H42IN5O6S. The molecule has 1 unspecified atom stereocenters. The molecule has 0 saturated carbocycles. The number of nitrogens with zero attached hydrogens (tertiary/aromatic N) is 4. The summed E-state index contributed by atoms with van der Waals surface area (Å²) in [6.45, 7) is 5.41. The number of rotatable bonds is 13. The number of fused-ring (bicyclic) bond motifs is 1. The number of alkyl halides is 1. The molecule has 6 rings (SSSR count). The van der Waals surface area contributed by atoms with Crippen LogP contribution in [0.15, 0.2) is 80.8 Å². The predicted molar refractivity (Wildman–Crippen MR) is 201 cm³/mol. The van der Waals surface area contributed by atoms with Gasteiger partial charge in [-0.3, -0.25) is 4.90 Å². The van der Waals surface area contributed by atoms with Crippen LogP contribution < -0.4 is 19.1 Å². The Morgan fingerprint density at radius 1 is 0.898 bits per heavy atom. The number of nitrogens with one attached hydrogen (secondary N) is 1. The normalized spacial score (nSPS) is 18.4. The van der Waals surface area contributed by atoms with Crippen LogP contribution in [0.4, 0.5) is 5.69 Å². The predicted octanol–water partition coefficient (Wildman–Crippen LogP) is 5.60. The average molecular weight is 800 g/mol. The minimum Gasteiger partial charge on any atom is 0.0777 e. The second-order valence-corrected chi connectivity index (χ2v) is 18.3. The standard InChI is InChI=1S/C36H42IN5O6S/c1-25(26-10-6-5-7-11-26)40-18-20-41(21-19-40)30-13-8-12-28-34(30)36(44)42(35(28)43)29(27-15-16-31(47-3)32(22-27)48-4)14-9-17-39-49(45,46)33-23-37(2)24-38-33/h5-8,10-13,15-16,22-25,29,39H,9,14,17-21H2,1-4H3/t25-,29?/m1/s1. The minimum atomic E-state index is -3.74. The maximum absolute atomic E-state index is 14.4. The molecule has 1 fully saturated rings. The summed E-state index contributed by atoms with van der Waals surface area (Å²) in [4.78, 5) is 40.6. The number of methoxy groups -OCH3 is 2. The van der Waals surface area contributed by atoms with Crippen molar-refractivity contribution in [2.24, 2.45) is 4.99 Å². The van der Waals surface area contributed by atoms with Crippen molar-refractivity contribution in [1.29, 1.82) is 0 Å². The van der Waals surface area contributed by atoms with Gasteiger partial charge in [0.15, 0.2) is 0 Å². The van der Waals surface area contributed by atoms with Crippen LogP contribution in [0.1, 0.15) is 63.7 Å². The third kappa shape index (κ3) is 7.25. The molecule has 260 valence electrons. The molecule has 3 aromatic rings. The Kier molecular flexibility index (Phi) is 10.7. The Bertz CT molecular complexity index is 1880. The van der Waals surface area contributed by atoms with E-state index in [1.807, 2.05) is 29.2 Å². The van der Waals surface area contributed by atoms with Crippen LogP contribution in [0.5, 0.6) is 11.5 Å². The quantitative estimate of drug-likeness (QED) is 0.103. The van der Waals surface area contributed by atoms with Gasteiger partial charge in [0.25, 0.3) is 0 Å². The zero-order valence-corrected chi connectivity index (χ0v) is 31.1. The van der Waals surface area contributed by atoms with Crippen molar-refractivity contribution in [2.75, 3.05) is 56.8 Å². The fraction of sp³-hybridized carbons (Fsp3) is 0.361. The van der Waals surface area contributed by atoms with Crippen molar-refractivity contribution >= 4 is 51.6 Å². The molecule has 0 aliphatic carbocycles. The van der Waals surface area contributed by atoms with Gasteiger partial charge in [0, 0.05) is 32.2 Å². The monoisotopic (exact) mass is 799 g/mol. The number of anilines is 1. The first-order chi connectivity index (χ1) is 23.6. The Morgan fingerprint density at radius 3 is 2.31 bits per heavy atom. The van der Waals surface area contributed by atoms with E-state index in [1.165, 1.54) is 17.6 Å². The molecule has 0 aromatic heterocycles. The molecule has 3 aliphatic rings. The SMILES string of the molecule is COc1ccc(C(CCCNS(=O)(=O)C2=CI(C)C=N2)N2C(=O)c3cccc(N4CCN([C@H](C)c5ccccc5)CC4)c3C2=O)cc1OC. The molecule has 11 nitrogen and oxygen atoms in total. The van der Waals surface area contributed by atoms with Gasteiger partial charge in [0.2, 0.25) is 0 Å². The summed E-state index contributed by atoms with van der Waals surface area (Å²) in [5.74, 6) is 0.256. The summed E-state index contributed by atoms with van der Waals surface area (Å²) >= 11 is -1.57. The number of ether oxygens (including phenoxy) is 2. The number of carbonyl (C=O) groups is 2. The van der Waals surface area contributed by atoms with E-state index in [0.717, 1.165) is 31.9 Å². The van der Waals surface area contributed by atoms with E-state index in [9.17, 15) is 18.0 Å². The second-order valence-electron chi connectivity index (χ2n) is 12.2. The summed E-state index contributed by atoms with van der Waals surface area (Å²) in [6.07, 6.45) is 0.689. The second kappa shape index (κ2) is 15.0. The van der Waals surface area contributed by atoms with Gasteiger partial charge in [0.05, 0.1) is 14.2 Å². The Balaban J connectivity index is 1.23. The van der Waals surface area contributed by atoms with Crippen molar-refractivity contribution in [3.63, 3.8) is 0 Å². The molecule has 0 bridgehead atoms. The van der Waals surface area contributed by atoms with E-state index in [0.29, 0.717) is 41.0 Å². The number of piperazine rings is 1. The molecule has 3 aromatic carbocycles. The number of halogens is 1. The van der Waals surface area contributed by atoms with E-state index in [2.05, 4.69) is 50.7 Å². The molecule has 2 amide bonds. The minimum absolute atomic E-state index is 0.0693. The molecule has 3 heterocycles.